The first-order valence-corrected chi connectivity index (χ1v) is 7.84. The predicted octanol–water partition coefficient (Wildman–Crippen LogP) is 3.13. The van der Waals surface area contributed by atoms with Crippen LogP contribution < -0.4 is 10.2 Å². The number of anilines is 2. The van der Waals surface area contributed by atoms with Gasteiger partial charge in [0.2, 0.25) is 5.91 Å². The molecule has 24 heavy (non-hydrogen) atoms. The number of aromatic nitrogens is 2. The summed E-state index contributed by atoms with van der Waals surface area (Å²) >= 11 is 0. The van der Waals surface area contributed by atoms with Gasteiger partial charge >= 0.3 is 0 Å². The molecule has 1 atom stereocenters. The Balaban J connectivity index is 1.76. The lowest BCUT2D eigenvalue weighted by atomic mass is 10.1. The van der Waals surface area contributed by atoms with E-state index in [1.165, 1.54) is 6.07 Å². The topological polar surface area (TPSA) is 50.2 Å². The minimum atomic E-state index is -0.732. The molecule has 0 saturated carbocycles. The molecule has 0 radical (unpaired) electrons. The second-order valence-corrected chi connectivity index (χ2v) is 6.89. The van der Waals surface area contributed by atoms with Crippen molar-refractivity contribution >= 4 is 17.3 Å². The molecule has 5 nitrogen and oxygen atoms in total. The van der Waals surface area contributed by atoms with Crippen molar-refractivity contribution in [3.8, 4) is 0 Å². The van der Waals surface area contributed by atoms with E-state index >= 15 is 0 Å². The summed E-state index contributed by atoms with van der Waals surface area (Å²) in [5.41, 5.74) is 0.262. The number of hydrogen-bond acceptors (Lipinski definition) is 3. The van der Waals surface area contributed by atoms with Gasteiger partial charge in [-0.1, -0.05) is 6.07 Å². The highest BCUT2D eigenvalue weighted by molar-refractivity contribution is 6.01. The number of hydrogen-bond donors (Lipinski definition) is 1. The summed E-state index contributed by atoms with van der Waals surface area (Å²) in [4.78, 5) is 13.7. The summed E-state index contributed by atoms with van der Waals surface area (Å²) in [7, 11) is 0. The molecule has 1 fully saturated rings. The number of nitrogens with zero attached hydrogens (tertiary/aromatic N) is 3. The number of amides is 1. The Morgan fingerprint density at radius 1 is 1.25 bits per heavy atom. The first kappa shape index (κ1) is 16.4. The van der Waals surface area contributed by atoms with Crippen LogP contribution in [0.5, 0.6) is 0 Å². The Labute approximate surface area is 139 Å². The Morgan fingerprint density at radius 2 is 1.92 bits per heavy atom. The second-order valence-electron chi connectivity index (χ2n) is 6.89. The SMILES string of the molecule is CC(C)(C)n1cc(N[C@@H]2CCN(c3c(F)cccc3F)C2=O)cn1. The molecular formula is C17H20F2N4O. The molecule has 128 valence electrons. The Bertz CT molecular complexity index is 746. The molecular weight excluding hydrogens is 314 g/mol. The van der Waals surface area contributed by atoms with Crippen molar-refractivity contribution in [1.29, 1.82) is 0 Å². The van der Waals surface area contributed by atoms with Crippen LogP contribution in [0.15, 0.2) is 30.6 Å². The summed E-state index contributed by atoms with van der Waals surface area (Å²) in [6.07, 6.45) is 3.93. The largest absolute Gasteiger partial charge is 0.371 e. The Kier molecular flexibility index (Phi) is 4.03. The quantitative estimate of drug-likeness (QED) is 0.938. The highest BCUT2D eigenvalue weighted by Gasteiger charge is 2.35. The monoisotopic (exact) mass is 334 g/mol. The minimum absolute atomic E-state index is 0.165. The van der Waals surface area contributed by atoms with E-state index in [0.717, 1.165) is 17.0 Å². The lowest BCUT2D eigenvalue weighted by Crippen LogP contribution is -2.34. The molecule has 0 unspecified atom stereocenters. The zero-order valence-corrected chi connectivity index (χ0v) is 13.9. The van der Waals surface area contributed by atoms with Crippen LogP contribution >= 0.6 is 0 Å². The van der Waals surface area contributed by atoms with E-state index in [9.17, 15) is 13.6 Å². The molecule has 1 amide bonds. The van der Waals surface area contributed by atoms with Crippen molar-refractivity contribution in [2.45, 2.75) is 38.8 Å². The molecule has 1 aliphatic rings. The van der Waals surface area contributed by atoms with E-state index in [0.29, 0.717) is 12.1 Å². The van der Waals surface area contributed by atoms with Gasteiger partial charge in [0, 0.05) is 12.7 Å². The fourth-order valence-electron chi connectivity index (χ4n) is 2.75. The summed E-state index contributed by atoms with van der Waals surface area (Å²) in [5, 5.41) is 7.37. The average Bonchev–Trinajstić information content (AvgIpc) is 3.09. The maximum Gasteiger partial charge on any atom is 0.249 e. The Morgan fingerprint density at radius 3 is 2.50 bits per heavy atom. The minimum Gasteiger partial charge on any atom is -0.371 e. The number of halogens is 2. The average molecular weight is 334 g/mol. The van der Waals surface area contributed by atoms with Crippen molar-refractivity contribution in [3.05, 3.63) is 42.2 Å². The van der Waals surface area contributed by atoms with Crippen LogP contribution in [-0.2, 0) is 10.3 Å². The maximum absolute atomic E-state index is 13.9. The number of nitrogens with one attached hydrogen (secondary N) is 1. The van der Waals surface area contributed by atoms with Crippen LogP contribution in [0, 0.1) is 11.6 Å². The molecule has 1 aromatic heterocycles. The van der Waals surface area contributed by atoms with Crippen LogP contribution in [0.3, 0.4) is 0 Å². The standard InChI is InChI=1S/C17H20F2N4O/c1-17(2,3)23-10-11(9-20-23)21-14-7-8-22(16(14)24)15-12(18)5-4-6-13(15)19/h4-6,9-10,14,21H,7-8H2,1-3H3/t14-/m1/s1. The van der Waals surface area contributed by atoms with E-state index in [1.807, 2.05) is 27.0 Å². The normalized spacial score (nSPS) is 18.3. The molecule has 7 heteroatoms. The summed E-state index contributed by atoms with van der Waals surface area (Å²) < 4.78 is 29.6. The van der Waals surface area contributed by atoms with E-state index in [1.54, 1.807) is 10.9 Å². The van der Waals surface area contributed by atoms with E-state index in [-0.39, 0.29) is 23.7 Å². The smallest absolute Gasteiger partial charge is 0.249 e. The maximum atomic E-state index is 13.9. The highest BCUT2D eigenvalue weighted by atomic mass is 19.1. The molecule has 2 heterocycles. The Hall–Kier alpha value is -2.44. The lowest BCUT2D eigenvalue weighted by molar-refractivity contribution is -0.117. The van der Waals surface area contributed by atoms with Crippen LogP contribution in [-0.4, -0.2) is 28.3 Å². The number of carbonyl (C=O) groups is 1. The third-order valence-electron chi connectivity index (χ3n) is 4.02. The first-order chi connectivity index (χ1) is 11.3. The molecule has 0 aliphatic carbocycles. The summed E-state index contributed by atoms with van der Waals surface area (Å²) in [6, 6.07) is 3.06. The van der Waals surface area contributed by atoms with Crippen LogP contribution in [0.4, 0.5) is 20.2 Å². The van der Waals surface area contributed by atoms with Gasteiger partial charge in [0.15, 0.2) is 0 Å². The van der Waals surface area contributed by atoms with E-state index in [4.69, 9.17) is 0 Å². The van der Waals surface area contributed by atoms with Crippen molar-refractivity contribution in [2.75, 3.05) is 16.8 Å². The fourth-order valence-corrected chi connectivity index (χ4v) is 2.75. The third kappa shape index (κ3) is 2.98. The summed E-state index contributed by atoms with van der Waals surface area (Å²) in [5.74, 6) is -1.81. The molecule has 0 bridgehead atoms. The van der Waals surface area contributed by atoms with Gasteiger partial charge in [0.25, 0.3) is 0 Å². The van der Waals surface area contributed by atoms with Gasteiger partial charge in [-0.25, -0.2) is 8.78 Å². The molecule has 1 aliphatic heterocycles. The summed E-state index contributed by atoms with van der Waals surface area (Å²) in [6.45, 7) is 6.33. The number of benzene rings is 1. The fraction of sp³-hybridized carbons (Fsp3) is 0.412. The number of para-hydroxylation sites is 1. The second kappa shape index (κ2) is 5.89. The van der Waals surface area contributed by atoms with Gasteiger partial charge in [0.1, 0.15) is 23.4 Å². The van der Waals surface area contributed by atoms with Crippen LogP contribution in [0.2, 0.25) is 0 Å². The van der Waals surface area contributed by atoms with E-state index < -0.39 is 17.7 Å². The predicted molar refractivity (Wildman–Crippen MR) is 88.0 cm³/mol. The van der Waals surface area contributed by atoms with Crippen LogP contribution in [0.1, 0.15) is 27.2 Å². The van der Waals surface area contributed by atoms with Crippen molar-refractivity contribution < 1.29 is 13.6 Å². The molecule has 1 saturated heterocycles. The van der Waals surface area contributed by atoms with Crippen molar-refractivity contribution in [2.24, 2.45) is 0 Å². The van der Waals surface area contributed by atoms with Crippen LogP contribution in [0.25, 0.3) is 0 Å². The molecule has 3 rings (SSSR count). The third-order valence-corrected chi connectivity index (χ3v) is 4.02. The van der Waals surface area contributed by atoms with Gasteiger partial charge in [-0.15, -0.1) is 0 Å². The van der Waals surface area contributed by atoms with Gasteiger partial charge in [-0.3, -0.25) is 9.48 Å². The highest BCUT2D eigenvalue weighted by Crippen LogP contribution is 2.29. The molecule has 1 N–H and O–H groups in total. The van der Waals surface area contributed by atoms with Gasteiger partial charge in [0.05, 0.1) is 17.4 Å². The molecule has 2 aromatic rings. The van der Waals surface area contributed by atoms with Crippen molar-refractivity contribution in [3.63, 3.8) is 0 Å². The zero-order chi connectivity index (χ0) is 17.5. The number of carbonyl (C=O) groups excluding carboxylic acids is 1. The van der Waals surface area contributed by atoms with E-state index in [2.05, 4.69) is 10.4 Å². The van der Waals surface area contributed by atoms with Gasteiger partial charge in [-0.05, 0) is 39.3 Å². The number of rotatable bonds is 3. The van der Waals surface area contributed by atoms with Gasteiger partial charge < -0.3 is 10.2 Å². The molecule has 0 spiro atoms. The lowest BCUT2D eigenvalue weighted by Gasteiger charge is -2.19. The molecule has 1 aromatic carbocycles. The van der Waals surface area contributed by atoms with Gasteiger partial charge in [-0.2, -0.15) is 5.10 Å². The zero-order valence-electron chi connectivity index (χ0n) is 13.9. The van der Waals surface area contributed by atoms with Crippen molar-refractivity contribution in [1.82, 2.24) is 9.78 Å². The first-order valence-electron chi connectivity index (χ1n) is 7.84.